The Balaban J connectivity index is 2.55. The van der Waals surface area contributed by atoms with E-state index in [0.717, 1.165) is 31.2 Å². The molecule has 0 aromatic heterocycles. The molecule has 1 aliphatic rings. The molecule has 3 nitrogen and oxygen atoms in total. The number of amides is 1. The van der Waals surface area contributed by atoms with E-state index in [2.05, 4.69) is 5.32 Å². The van der Waals surface area contributed by atoms with Gasteiger partial charge in [0.25, 0.3) is 0 Å². The minimum atomic E-state index is -0.712. The minimum absolute atomic E-state index is 0.00628. The molecule has 1 aromatic carbocycles. The zero-order chi connectivity index (χ0) is 14.8. The number of nitrogens with one attached hydrogen (secondary N) is 1. The predicted octanol–water partition coefficient (Wildman–Crippen LogP) is 3.16. The van der Waals surface area contributed by atoms with Crippen LogP contribution in [0.5, 0.6) is 0 Å². The van der Waals surface area contributed by atoms with E-state index < -0.39 is 5.41 Å². The number of benzene rings is 1. The van der Waals surface area contributed by atoms with Crippen molar-refractivity contribution in [1.82, 2.24) is 5.32 Å². The lowest BCUT2D eigenvalue weighted by atomic mass is 9.62. The molecule has 0 spiro atoms. The monoisotopic (exact) mass is 315 g/mol. The Morgan fingerprint density at radius 1 is 1.40 bits per heavy atom. The average molecular weight is 316 g/mol. The average Bonchev–Trinajstić information content (AvgIpc) is 2.48. The van der Waals surface area contributed by atoms with Crippen LogP contribution in [0.25, 0.3) is 0 Å². The van der Waals surface area contributed by atoms with Crippen molar-refractivity contribution >= 4 is 29.1 Å². The van der Waals surface area contributed by atoms with Gasteiger partial charge in [0.2, 0.25) is 5.91 Å². The Labute approximate surface area is 129 Å². The molecule has 2 rings (SSSR count). The predicted molar refractivity (Wildman–Crippen MR) is 81.3 cm³/mol. The highest BCUT2D eigenvalue weighted by Gasteiger charge is 2.47. The van der Waals surface area contributed by atoms with Gasteiger partial charge in [-0.05, 0) is 30.5 Å². The van der Waals surface area contributed by atoms with E-state index in [9.17, 15) is 9.90 Å². The molecular formula is C15H19Cl2NO2. The first-order valence-corrected chi connectivity index (χ1v) is 7.60. The van der Waals surface area contributed by atoms with E-state index in [1.54, 1.807) is 19.2 Å². The lowest BCUT2D eigenvalue weighted by molar-refractivity contribution is -0.130. The second-order valence-corrected chi connectivity index (χ2v) is 6.12. The van der Waals surface area contributed by atoms with E-state index >= 15 is 0 Å². The third-order valence-corrected chi connectivity index (χ3v) is 5.10. The van der Waals surface area contributed by atoms with Gasteiger partial charge < -0.3 is 10.4 Å². The Kier molecular flexibility index (Phi) is 4.95. The standard InChI is InChI=1S/C15H19Cl2NO2/c1-18-14(20)15(7-3-2-4-11(15)9-19)10-5-6-12(16)13(17)8-10/h5-6,8,11,19H,2-4,7,9H2,1H3,(H,18,20). The van der Waals surface area contributed by atoms with Crippen molar-refractivity contribution < 1.29 is 9.90 Å². The van der Waals surface area contributed by atoms with Gasteiger partial charge in [-0.3, -0.25) is 4.79 Å². The molecule has 1 aromatic rings. The zero-order valence-corrected chi connectivity index (χ0v) is 13.0. The lowest BCUT2D eigenvalue weighted by Gasteiger charge is -2.42. The number of carbonyl (C=O) groups is 1. The van der Waals surface area contributed by atoms with Crippen LogP contribution in [0.2, 0.25) is 10.0 Å². The maximum Gasteiger partial charge on any atom is 0.230 e. The van der Waals surface area contributed by atoms with Crippen LogP contribution in [-0.4, -0.2) is 24.7 Å². The topological polar surface area (TPSA) is 49.3 Å². The van der Waals surface area contributed by atoms with Gasteiger partial charge in [0, 0.05) is 19.6 Å². The van der Waals surface area contributed by atoms with Crippen LogP contribution in [0.4, 0.5) is 0 Å². The molecule has 2 N–H and O–H groups in total. The highest BCUT2D eigenvalue weighted by atomic mass is 35.5. The van der Waals surface area contributed by atoms with Crippen LogP contribution in [0, 0.1) is 5.92 Å². The lowest BCUT2D eigenvalue weighted by Crippen LogP contribution is -2.51. The highest BCUT2D eigenvalue weighted by molar-refractivity contribution is 6.42. The van der Waals surface area contributed by atoms with Crippen molar-refractivity contribution in [3.63, 3.8) is 0 Å². The largest absolute Gasteiger partial charge is 0.396 e. The molecule has 1 amide bonds. The van der Waals surface area contributed by atoms with E-state index in [1.807, 2.05) is 6.07 Å². The first kappa shape index (κ1) is 15.6. The van der Waals surface area contributed by atoms with Crippen LogP contribution in [0.1, 0.15) is 31.2 Å². The fraction of sp³-hybridized carbons (Fsp3) is 0.533. The molecule has 2 atom stereocenters. The van der Waals surface area contributed by atoms with Gasteiger partial charge in [0.1, 0.15) is 0 Å². The van der Waals surface area contributed by atoms with E-state index in [0.29, 0.717) is 10.0 Å². The molecule has 1 aliphatic carbocycles. The van der Waals surface area contributed by atoms with Crippen molar-refractivity contribution in [1.29, 1.82) is 0 Å². The molecule has 0 aliphatic heterocycles. The summed E-state index contributed by atoms with van der Waals surface area (Å²) in [5.41, 5.74) is 0.126. The van der Waals surface area contributed by atoms with E-state index in [4.69, 9.17) is 23.2 Å². The molecule has 1 fully saturated rings. The molecular weight excluding hydrogens is 297 g/mol. The van der Waals surface area contributed by atoms with Gasteiger partial charge in [-0.25, -0.2) is 0 Å². The maximum atomic E-state index is 12.6. The fourth-order valence-electron chi connectivity index (χ4n) is 3.30. The number of aliphatic hydroxyl groups excluding tert-OH is 1. The zero-order valence-electron chi connectivity index (χ0n) is 11.5. The molecule has 1 saturated carbocycles. The summed E-state index contributed by atoms with van der Waals surface area (Å²) in [5, 5.41) is 13.4. The second kappa shape index (κ2) is 6.33. The van der Waals surface area contributed by atoms with Gasteiger partial charge in [0.15, 0.2) is 0 Å². The first-order valence-electron chi connectivity index (χ1n) is 6.85. The van der Waals surface area contributed by atoms with Gasteiger partial charge in [-0.1, -0.05) is 42.1 Å². The number of likely N-dealkylation sites (N-methyl/N-ethyl adjacent to an activating group) is 1. The summed E-state index contributed by atoms with van der Waals surface area (Å²) < 4.78 is 0. The molecule has 2 unspecified atom stereocenters. The Morgan fingerprint density at radius 2 is 2.15 bits per heavy atom. The van der Waals surface area contributed by atoms with Crippen LogP contribution in [0.15, 0.2) is 18.2 Å². The van der Waals surface area contributed by atoms with Crippen LogP contribution >= 0.6 is 23.2 Å². The van der Waals surface area contributed by atoms with Crippen molar-refractivity contribution in [3.05, 3.63) is 33.8 Å². The molecule has 0 bridgehead atoms. The number of rotatable bonds is 3. The molecule has 5 heteroatoms. The summed E-state index contributed by atoms with van der Waals surface area (Å²) in [6.45, 7) is -0.00628. The normalized spacial score (nSPS) is 26.3. The Bertz CT molecular complexity index is 507. The Hall–Kier alpha value is -0.770. The van der Waals surface area contributed by atoms with Crippen molar-refractivity contribution in [2.45, 2.75) is 31.1 Å². The summed E-state index contributed by atoms with van der Waals surface area (Å²) in [4.78, 5) is 12.6. The van der Waals surface area contributed by atoms with E-state index in [-0.39, 0.29) is 18.4 Å². The number of carbonyl (C=O) groups excluding carboxylic acids is 1. The second-order valence-electron chi connectivity index (χ2n) is 5.30. The first-order chi connectivity index (χ1) is 9.56. The number of hydrogen-bond acceptors (Lipinski definition) is 2. The molecule has 20 heavy (non-hydrogen) atoms. The molecule has 0 heterocycles. The van der Waals surface area contributed by atoms with Gasteiger partial charge >= 0.3 is 0 Å². The van der Waals surface area contributed by atoms with Crippen LogP contribution in [0.3, 0.4) is 0 Å². The summed E-state index contributed by atoms with van der Waals surface area (Å²) in [5.74, 6) is -0.150. The minimum Gasteiger partial charge on any atom is -0.396 e. The molecule has 0 saturated heterocycles. The molecule has 0 radical (unpaired) electrons. The van der Waals surface area contributed by atoms with Crippen LogP contribution in [-0.2, 0) is 10.2 Å². The van der Waals surface area contributed by atoms with Gasteiger partial charge in [-0.2, -0.15) is 0 Å². The third kappa shape index (κ3) is 2.54. The number of hydrogen-bond donors (Lipinski definition) is 2. The molecule has 110 valence electrons. The smallest absolute Gasteiger partial charge is 0.230 e. The van der Waals surface area contributed by atoms with Gasteiger partial charge in [-0.15, -0.1) is 0 Å². The van der Waals surface area contributed by atoms with Crippen molar-refractivity contribution in [2.75, 3.05) is 13.7 Å². The summed E-state index contributed by atoms with van der Waals surface area (Å²) in [6.07, 6.45) is 3.55. The van der Waals surface area contributed by atoms with Gasteiger partial charge in [0.05, 0.1) is 15.5 Å². The SMILES string of the molecule is CNC(=O)C1(c2ccc(Cl)c(Cl)c2)CCCCC1CO. The Morgan fingerprint density at radius 3 is 2.75 bits per heavy atom. The van der Waals surface area contributed by atoms with Crippen molar-refractivity contribution in [3.8, 4) is 0 Å². The third-order valence-electron chi connectivity index (χ3n) is 4.36. The number of aliphatic hydroxyl groups is 1. The number of halogens is 2. The maximum absolute atomic E-state index is 12.6. The summed E-state index contributed by atoms with van der Waals surface area (Å²) >= 11 is 12.1. The van der Waals surface area contributed by atoms with E-state index in [1.165, 1.54) is 0 Å². The highest BCUT2D eigenvalue weighted by Crippen LogP contribution is 2.45. The van der Waals surface area contributed by atoms with Crippen LogP contribution < -0.4 is 5.32 Å². The summed E-state index contributed by atoms with van der Waals surface area (Å²) in [7, 11) is 1.63. The van der Waals surface area contributed by atoms with Crippen molar-refractivity contribution in [2.24, 2.45) is 5.92 Å². The fourth-order valence-corrected chi connectivity index (χ4v) is 3.60. The summed E-state index contributed by atoms with van der Waals surface area (Å²) in [6, 6.07) is 5.32. The quantitative estimate of drug-likeness (QED) is 0.900.